The van der Waals surface area contributed by atoms with E-state index in [1.165, 1.54) is 16.9 Å². The summed E-state index contributed by atoms with van der Waals surface area (Å²) in [5, 5.41) is 7.52. The largest absolute Gasteiger partial charge is 0.416 e. The van der Waals surface area contributed by atoms with Crippen LogP contribution in [0.3, 0.4) is 0 Å². The van der Waals surface area contributed by atoms with Crippen molar-refractivity contribution in [2.24, 2.45) is 0 Å². The first-order chi connectivity index (χ1) is 17.0. The van der Waals surface area contributed by atoms with Crippen molar-refractivity contribution in [3.8, 4) is 11.3 Å². The Hall–Kier alpha value is -4.55. The highest BCUT2D eigenvalue weighted by atomic mass is 19.4. The van der Waals surface area contributed by atoms with Gasteiger partial charge in [-0.05, 0) is 44.2 Å². The number of carbonyl (C=O) groups is 1. The fraction of sp³-hybridized carbons (Fsp3) is 0.174. The SMILES string of the molecule is CC(C)n1nc(-c2ccn3c(C(=O)Nc4cc(F)cc(C(F)(F)F)c4)cnc3c2)c2c(N)ncnc21. The lowest BCUT2D eigenvalue weighted by atomic mass is 10.1. The molecule has 4 heterocycles. The molecule has 0 aliphatic carbocycles. The molecule has 1 amide bonds. The Kier molecular flexibility index (Phi) is 5.34. The molecule has 36 heavy (non-hydrogen) atoms. The third-order valence-corrected chi connectivity index (χ3v) is 5.51. The summed E-state index contributed by atoms with van der Waals surface area (Å²) in [4.78, 5) is 25.4. The molecule has 5 rings (SSSR count). The van der Waals surface area contributed by atoms with E-state index in [9.17, 15) is 22.4 Å². The summed E-state index contributed by atoms with van der Waals surface area (Å²) in [5.74, 6) is -1.63. The molecule has 0 aliphatic rings. The number of hydrogen-bond donors (Lipinski definition) is 2. The number of alkyl halides is 3. The van der Waals surface area contributed by atoms with Gasteiger partial charge in [0, 0.05) is 23.5 Å². The predicted molar refractivity (Wildman–Crippen MR) is 124 cm³/mol. The first-order valence-corrected chi connectivity index (χ1v) is 10.7. The van der Waals surface area contributed by atoms with Crippen LogP contribution in [0.15, 0.2) is 49.1 Å². The van der Waals surface area contributed by atoms with Gasteiger partial charge in [-0.2, -0.15) is 18.3 Å². The second kappa shape index (κ2) is 8.29. The van der Waals surface area contributed by atoms with Gasteiger partial charge in [-0.25, -0.2) is 24.0 Å². The number of rotatable bonds is 4. The maximum atomic E-state index is 13.7. The van der Waals surface area contributed by atoms with Gasteiger partial charge in [-0.3, -0.25) is 9.20 Å². The Morgan fingerprint density at radius 3 is 2.61 bits per heavy atom. The minimum absolute atomic E-state index is 0.00156. The van der Waals surface area contributed by atoms with Crippen LogP contribution in [0.25, 0.3) is 27.9 Å². The first kappa shape index (κ1) is 23.2. The number of imidazole rings is 1. The summed E-state index contributed by atoms with van der Waals surface area (Å²) in [6, 6.07) is 5.19. The quantitative estimate of drug-likeness (QED) is 0.347. The van der Waals surface area contributed by atoms with Crippen LogP contribution in [0.4, 0.5) is 29.1 Å². The van der Waals surface area contributed by atoms with E-state index in [1.54, 1.807) is 23.0 Å². The monoisotopic (exact) mass is 498 g/mol. The predicted octanol–water partition coefficient (Wildman–Crippen LogP) is 4.71. The molecule has 0 fully saturated rings. The molecule has 4 aromatic heterocycles. The van der Waals surface area contributed by atoms with Gasteiger partial charge in [0.15, 0.2) is 5.65 Å². The number of carbonyl (C=O) groups excluding carboxylic acids is 1. The zero-order valence-electron chi connectivity index (χ0n) is 18.9. The van der Waals surface area contributed by atoms with E-state index >= 15 is 0 Å². The summed E-state index contributed by atoms with van der Waals surface area (Å²) in [7, 11) is 0. The van der Waals surface area contributed by atoms with Gasteiger partial charge in [-0.1, -0.05) is 0 Å². The Morgan fingerprint density at radius 1 is 1.11 bits per heavy atom. The van der Waals surface area contributed by atoms with Crippen molar-refractivity contribution in [2.45, 2.75) is 26.1 Å². The number of nitrogen functional groups attached to an aromatic ring is 1. The van der Waals surface area contributed by atoms with Crippen LogP contribution in [-0.4, -0.2) is 35.0 Å². The molecule has 1 aromatic carbocycles. The standard InChI is InChI=1S/C23H18F4N8O/c1-11(2)35-21-18(20(28)30-10-31-21)19(33-35)12-3-4-34-16(9-29-17(34)5-12)22(36)32-15-7-13(23(25,26)27)6-14(24)8-15/h3-11H,1-2H3,(H,32,36)(H2,28,30,31). The number of aromatic nitrogens is 6. The van der Waals surface area contributed by atoms with Crippen LogP contribution in [0, 0.1) is 5.82 Å². The van der Waals surface area contributed by atoms with Crippen LogP contribution < -0.4 is 11.1 Å². The third-order valence-electron chi connectivity index (χ3n) is 5.51. The van der Waals surface area contributed by atoms with Crippen molar-refractivity contribution in [1.29, 1.82) is 0 Å². The van der Waals surface area contributed by atoms with Gasteiger partial charge in [0.25, 0.3) is 5.91 Å². The zero-order valence-corrected chi connectivity index (χ0v) is 18.9. The number of pyridine rings is 1. The fourth-order valence-corrected chi connectivity index (χ4v) is 3.87. The number of fused-ring (bicyclic) bond motifs is 2. The van der Waals surface area contributed by atoms with Crippen molar-refractivity contribution in [2.75, 3.05) is 11.1 Å². The number of amides is 1. The van der Waals surface area contributed by atoms with Crippen molar-refractivity contribution in [1.82, 2.24) is 29.1 Å². The molecule has 0 radical (unpaired) electrons. The van der Waals surface area contributed by atoms with E-state index < -0.39 is 23.5 Å². The van der Waals surface area contributed by atoms with Crippen LogP contribution in [0.5, 0.6) is 0 Å². The molecular weight excluding hydrogens is 480 g/mol. The van der Waals surface area contributed by atoms with Crippen molar-refractivity contribution in [3.63, 3.8) is 0 Å². The smallest absolute Gasteiger partial charge is 0.383 e. The Balaban J connectivity index is 1.51. The van der Waals surface area contributed by atoms with Gasteiger partial charge in [-0.15, -0.1) is 0 Å². The highest BCUT2D eigenvalue weighted by molar-refractivity contribution is 6.04. The Labute approximate surface area is 200 Å². The number of nitrogens with zero attached hydrogens (tertiary/aromatic N) is 6. The lowest BCUT2D eigenvalue weighted by molar-refractivity contribution is -0.137. The fourth-order valence-electron chi connectivity index (χ4n) is 3.87. The molecule has 0 saturated heterocycles. The molecule has 184 valence electrons. The molecule has 0 saturated carbocycles. The van der Waals surface area contributed by atoms with E-state index in [0.717, 1.165) is 6.07 Å². The highest BCUT2D eigenvalue weighted by Gasteiger charge is 2.31. The van der Waals surface area contributed by atoms with Gasteiger partial charge < -0.3 is 11.1 Å². The van der Waals surface area contributed by atoms with Gasteiger partial charge in [0.2, 0.25) is 0 Å². The third kappa shape index (κ3) is 3.97. The van der Waals surface area contributed by atoms with E-state index in [4.69, 9.17) is 5.73 Å². The molecular formula is C23H18F4N8O. The second-order valence-corrected chi connectivity index (χ2v) is 8.31. The number of hydrogen-bond acceptors (Lipinski definition) is 6. The minimum Gasteiger partial charge on any atom is -0.383 e. The molecule has 5 aromatic rings. The number of nitrogens with one attached hydrogen (secondary N) is 1. The molecule has 13 heteroatoms. The minimum atomic E-state index is -4.76. The van der Waals surface area contributed by atoms with Crippen LogP contribution in [0.1, 0.15) is 35.9 Å². The van der Waals surface area contributed by atoms with E-state index in [2.05, 4.69) is 25.4 Å². The molecule has 0 atom stereocenters. The van der Waals surface area contributed by atoms with Crippen molar-refractivity contribution in [3.05, 3.63) is 66.1 Å². The van der Waals surface area contributed by atoms with E-state index in [-0.39, 0.29) is 23.2 Å². The van der Waals surface area contributed by atoms with Crippen molar-refractivity contribution >= 4 is 34.1 Å². The van der Waals surface area contributed by atoms with E-state index in [1.807, 2.05) is 13.8 Å². The lowest BCUT2D eigenvalue weighted by Crippen LogP contribution is -2.15. The lowest BCUT2D eigenvalue weighted by Gasteiger charge is -2.10. The molecule has 3 N–H and O–H groups in total. The number of halogens is 4. The van der Waals surface area contributed by atoms with Gasteiger partial charge >= 0.3 is 6.18 Å². The molecule has 0 aliphatic heterocycles. The van der Waals surface area contributed by atoms with E-state index in [0.29, 0.717) is 40.1 Å². The average Bonchev–Trinajstić information content (AvgIpc) is 3.40. The second-order valence-electron chi connectivity index (χ2n) is 8.31. The van der Waals surface area contributed by atoms with Crippen LogP contribution in [-0.2, 0) is 6.18 Å². The van der Waals surface area contributed by atoms with Gasteiger partial charge in [0.05, 0.1) is 17.1 Å². The number of anilines is 2. The molecule has 9 nitrogen and oxygen atoms in total. The summed E-state index contributed by atoms with van der Waals surface area (Å²) in [5.41, 5.74) is 6.73. The Morgan fingerprint density at radius 2 is 1.89 bits per heavy atom. The molecule has 0 spiro atoms. The first-order valence-electron chi connectivity index (χ1n) is 10.7. The Bertz CT molecular complexity index is 1640. The summed E-state index contributed by atoms with van der Waals surface area (Å²) in [6.45, 7) is 3.90. The maximum absolute atomic E-state index is 13.7. The topological polar surface area (TPSA) is 116 Å². The normalized spacial score (nSPS) is 12.1. The van der Waals surface area contributed by atoms with Crippen molar-refractivity contribution < 1.29 is 22.4 Å². The summed E-state index contributed by atoms with van der Waals surface area (Å²) >= 11 is 0. The van der Waals surface area contributed by atoms with Crippen LogP contribution >= 0.6 is 0 Å². The van der Waals surface area contributed by atoms with Crippen LogP contribution in [0.2, 0.25) is 0 Å². The van der Waals surface area contributed by atoms with Gasteiger partial charge in [0.1, 0.15) is 35.0 Å². The number of nitrogens with two attached hydrogens (primary N) is 1. The molecule has 0 unspecified atom stereocenters. The molecule has 0 bridgehead atoms. The average molecular weight is 498 g/mol. The number of benzene rings is 1. The maximum Gasteiger partial charge on any atom is 0.416 e. The zero-order chi connectivity index (χ0) is 25.8. The summed E-state index contributed by atoms with van der Waals surface area (Å²) in [6.07, 6.45) is -0.566. The summed E-state index contributed by atoms with van der Waals surface area (Å²) < 4.78 is 55.9. The highest BCUT2D eigenvalue weighted by Crippen LogP contribution is 2.33.